The van der Waals surface area contributed by atoms with E-state index in [0.29, 0.717) is 25.3 Å². The van der Waals surface area contributed by atoms with Gasteiger partial charge in [-0.2, -0.15) is 4.39 Å². The molecule has 1 saturated heterocycles. The Bertz CT molecular complexity index is 377. The van der Waals surface area contributed by atoms with Gasteiger partial charge in [-0.1, -0.05) is 0 Å². The molecule has 1 unspecified atom stereocenters. The average Bonchev–Trinajstić information content (AvgIpc) is 2.33. The molecule has 6 heteroatoms. The molecular weight excluding hydrogens is 225 g/mol. The second kappa shape index (κ2) is 5.70. The summed E-state index contributed by atoms with van der Waals surface area (Å²) in [4.78, 5) is 15.1. The minimum Gasteiger partial charge on any atom is -0.378 e. The first-order valence-electron chi connectivity index (χ1n) is 5.46. The number of hydrogen-bond acceptors (Lipinski definition) is 4. The van der Waals surface area contributed by atoms with Crippen LogP contribution in [0.15, 0.2) is 18.3 Å². The van der Waals surface area contributed by atoms with Gasteiger partial charge in [0.15, 0.2) is 0 Å². The second-order valence-electron chi connectivity index (χ2n) is 3.85. The lowest BCUT2D eigenvalue weighted by Crippen LogP contribution is -2.43. The maximum absolute atomic E-state index is 12.5. The van der Waals surface area contributed by atoms with E-state index < -0.39 is 5.95 Å². The molecule has 2 N–H and O–H groups in total. The zero-order valence-electron chi connectivity index (χ0n) is 9.28. The van der Waals surface area contributed by atoms with Crippen molar-refractivity contribution in [2.45, 2.75) is 12.5 Å². The largest absolute Gasteiger partial charge is 0.378 e. The molecule has 17 heavy (non-hydrogen) atoms. The summed E-state index contributed by atoms with van der Waals surface area (Å²) in [6.45, 7) is 1.98. The zero-order chi connectivity index (χ0) is 12.1. The molecule has 1 fully saturated rings. The molecule has 92 valence electrons. The predicted octanol–water partition coefficient (Wildman–Crippen LogP) is 0.538. The number of pyridine rings is 1. The minimum absolute atomic E-state index is 0.0390. The number of anilines is 1. The third kappa shape index (κ3) is 3.76. The van der Waals surface area contributed by atoms with Crippen LogP contribution in [0.5, 0.6) is 0 Å². The maximum Gasteiger partial charge on any atom is 0.226 e. The van der Waals surface area contributed by atoms with Gasteiger partial charge in [-0.25, -0.2) is 4.98 Å². The van der Waals surface area contributed by atoms with E-state index in [1.807, 2.05) is 0 Å². The van der Waals surface area contributed by atoms with Crippen LogP contribution in [0.3, 0.4) is 0 Å². The van der Waals surface area contributed by atoms with E-state index in [9.17, 15) is 9.18 Å². The summed E-state index contributed by atoms with van der Waals surface area (Å²) in [6, 6.07) is 2.72. The lowest BCUT2D eigenvalue weighted by Gasteiger charge is -2.23. The number of carbonyl (C=O) groups is 1. The van der Waals surface area contributed by atoms with Gasteiger partial charge in [0.2, 0.25) is 11.9 Å². The fourth-order valence-electron chi connectivity index (χ4n) is 1.64. The van der Waals surface area contributed by atoms with E-state index >= 15 is 0 Å². The molecular formula is C11H14FN3O2. The normalized spacial score (nSPS) is 19.9. The highest BCUT2D eigenvalue weighted by molar-refractivity contribution is 5.90. The van der Waals surface area contributed by atoms with Gasteiger partial charge in [0.1, 0.15) is 0 Å². The van der Waals surface area contributed by atoms with E-state index in [1.165, 1.54) is 18.3 Å². The molecule has 0 spiro atoms. The van der Waals surface area contributed by atoms with Gasteiger partial charge >= 0.3 is 0 Å². The first-order valence-corrected chi connectivity index (χ1v) is 5.46. The first kappa shape index (κ1) is 11.9. The fourth-order valence-corrected chi connectivity index (χ4v) is 1.64. The summed E-state index contributed by atoms with van der Waals surface area (Å²) in [6.07, 6.45) is 1.62. The molecule has 0 aliphatic carbocycles. The fraction of sp³-hybridized carbons (Fsp3) is 0.455. The Morgan fingerprint density at radius 3 is 3.18 bits per heavy atom. The molecule has 1 atom stereocenters. The SMILES string of the molecule is O=C(CC1COCCN1)Nc1ccc(F)nc1. The quantitative estimate of drug-likeness (QED) is 0.756. The smallest absolute Gasteiger partial charge is 0.226 e. The Morgan fingerprint density at radius 2 is 2.53 bits per heavy atom. The summed E-state index contributed by atoms with van der Waals surface area (Å²) in [5.41, 5.74) is 0.494. The molecule has 1 aliphatic heterocycles. The van der Waals surface area contributed by atoms with Crippen LogP contribution in [0.2, 0.25) is 0 Å². The first-order chi connectivity index (χ1) is 8.24. The number of nitrogens with one attached hydrogen (secondary N) is 2. The molecule has 0 radical (unpaired) electrons. The number of ether oxygens (including phenoxy) is 1. The molecule has 1 aliphatic rings. The summed E-state index contributed by atoms with van der Waals surface area (Å²) in [5, 5.41) is 5.84. The molecule has 0 bridgehead atoms. The Balaban J connectivity index is 1.82. The Hall–Kier alpha value is -1.53. The second-order valence-corrected chi connectivity index (χ2v) is 3.85. The van der Waals surface area contributed by atoms with Crippen molar-refractivity contribution in [3.8, 4) is 0 Å². The summed E-state index contributed by atoms with van der Waals surface area (Å²) in [5.74, 6) is -0.702. The van der Waals surface area contributed by atoms with Crippen molar-refractivity contribution in [1.82, 2.24) is 10.3 Å². The van der Waals surface area contributed by atoms with E-state index in [2.05, 4.69) is 15.6 Å². The third-order valence-corrected chi connectivity index (χ3v) is 2.44. The van der Waals surface area contributed by atoms with Crippen molar-refractivity contribution in [2.75, 3.05) is 25.1 Å². The van der Waals surface area contributed by atoms with Gasteiger partial charge in [0.05, 0.1) is 25.1 Å². The monoisotopic (exact) mass is 239 g/mol. The number of morpholine rings is 1. The van der Waals surface area contributed by atoms with Gasteiger partial charge < -0.3 is 15.4 Å². The van der Waals surface area contributed by atoms with Gasteiger partial charge in [-0.05, 0) is 12.1 Å². The van der Waals surface area contributed by atoms with Crippen LogP contribution >= 0.6 is 0 Å². The number of nitrogens with zero attached hydrogens (tertiary/aromatic N) is 1. The highest BCUT2D eigenvalue weighted by Gasteiger charge is 2.16. The molecule has 2 heterocycles. The van der Waals surface area contributed by atoms with Crippen LogP contribution in [0.1, 0.15) is 6.42 Å². The van der Waals surface area contributed by atoms with Crippen molar-refractivity contribution >= 4 is 11.6 Å². The maximum atomic E-state index is 12.5. The predicted molar refractivity (Wildman–Crippen MR) is 60.1 cm³/mol. The molecule has 1 aromatic rings. The number of rotatable bonds is 3. The van der Waals surface area contributed by atoms with Crippen molar-refractivity contribution < 1.29 is 13.9 Å². The van der Waals surface area contributed by atoms with E-state index in [1.54, 1.807) is 0 Å². The Morgan fingerprint density at radius 1 is 1.65 bits per heavy atom. The van der Waals surface area contributed by atoms with Crippen LogP contribution in [-0.4, -0.2) is 36.7 Å². The highest BCUT2D eigenvalue weighted by atomic mass is 19.1. The molecule has 5 nitrogen and oxygen atoms in total. The van der Waals surface area contributed by atoms with Crippen LogP contribution < -0.4 is 10.6 Å². The van der Waals surface area contributed by atoms with Crippen molar-refractivity contribution in [3.05, 3.63) is 24.3 Å². The van der Waals surface area contributed by atoms with Gasteiger partial charge in [0.25, 0.3) is 0 Å². The van der Waals surface area contributed by atoms with Crippen molar-refractivity contribution in [3.63, 3.8) is 0 Å². The number of carbonyl (C=O) groups excluding carboxylic acids is 1. The van der Waals surface area contributed by atoms with Crippen LogP contribution in [0.25, 0.3) is 0 Å². The topological polar surface area (TPSA) is 63.2 Å². The van der Waals surface area contributed by atoms with Crippen LogP contribution in [0, 0.1) is 5.95 Å². The van der Waals surface area contributed by atoms with E-state index in [4.69, 9.17) is 4.74 Å². The Kier molecular flexibility index (Phi) is 4.00. The van der Waals surface area contributed by atoms with E-state index in [0.717, 1.165) is 6.54 Å². The van der Waals surface area contributed by atoms with Crippen LogP contribution in [-0.2, 0) is 9.53 Å². The molecule has 2 rings (SSSR count). The number of amides is 1. The van der Waals surface area contributed by atoms with Crippen molar-refractivity contribution in [1.29, 1.82) is 0 Å². The molecule has 1 aromatic heterocycles. The molecule has 0 saturated carbocycles. The lowest BCUT2D eigenvalue weighted by molar-refractivity contribution is -0.117. The van der Waals surface area contributed by atoms with Crippen molar-refractivity contribution in [2.24, 2.45) is 0 Å². The number of halogens is 1. The van der Waals surface area contributed by atoms with Gasteiger partial charge in [-0.15, -0.1) is 0 Å². The summed E-state index contributed by atoms with van der Waals surface area (Å²) >= 11 is 0. The Labute approximate surface area is 98.4 Å². The summed E-state index contributed by atoms with van der Waals surface area (Å²) < 4.78 is 17.8. The van der Waals surface area contributed by atoms with E-state index in [-0.39, 0.29) is 11.9 Å². The lowest BCUT2D eigenvalue weighted by atomic mass is 10.2. The third-order valence-electron chi connectivity index (χ3n) is 2.44. The minimum atomic E-state index is -0.564. The number of aromatic nitrogens is 1. The standard InChI is InChI=1S/C11H14FN3O2/c12-10-2-1-8(6-14-10)15-11(16)5-9-7-17-4-3-13-9/h1-2,6,9,13H,3-5,7H2,(H,15,16). The summed E-state index contributed by atoms with van der Waals surface area (Å²) in [7, 11) is 0. The zero-order valence-corrected chi connectivity index (χ0v) is 9.28. The highest BCUT2D eigenvalue weighted by Crippen LogP contribution is 2.07. The van der Waals surface area contributed by atoms with Crippen LogP contribution in [0.4, 0.5) is 10.1 Å². The molecule has 0 aromatic carbocycles. The van der Waals surface area contributed by atoms with Gasteiger partial charge in [0, 0.05) is 19.0 Å². The molecule has 1 amide bonds. The number of hydrogen-bond donors (Lipinski definition) is 2. The average molecular weight is 239 g/mol. The van der Waals surface area contributed by atoms with Gasteiger partial charge in [-0.3, -0.25) is 4.79 Å².